The summed E-state index contributed by atoms with van der Waals surface area (Å²) < 4.78 is 63.2. The van der Waals surface area contributed by atoms with Crippen LogP contribution in [-0.2, 0) is 27.3 Å². The first-order valence-corrected chi connectivity index (χ1v) is 13.9. The molecule has 0 saturated heterocycles. The quantitative estimate of drug-likeness (QED) is 0.197. The molecule has 0 saturated carbocycles. The Morgan fingerprint density at radius 2 is 1.36 bits per heavy atom. The highest BCUT2D eigenvalue weighted by molar-refractivity contribution is 7.80. The maximum atomic E-state index is 8.74. The summed E-state index contributed by atoms with van der Waals surface area (Å²) in [5.74, 6) is 0. The van der Waals surface area contributed by atoms with E-state index in [1.165, 1.54) is 22.9 Å². The molecule has 3 aromatic rings. The van der Waals surface area contributed by atoms with Gasteiger partial charge in [0.1, 0.15) is 0 Å². The summed E-state index contributed by atoms with van der Waals surface area (Å²) >= 11 is 0. The van der Waals surface area contributed by atoms with Gasteiger partial charge in [-0.1, -0.05) is 62.4 Å². The SMILES string of the molecule is CCN(CC)CCCNCc1cc(-c2ccccc2)nc2ccccc12.O=S(=O)(O)O.O=S(=O)(O)O. The third kappa shape index (κ3) is 14.8. The average molecular weight is 544 g/mol. The van der Waals surface area contributed by atoms with Crippen molar-refractivity contribution in [2.45, 2.75) is 26.8 Å². The van der Waals surface area contributed by atoms with Gasteiger partial charge in [-0.15, -0.1) is 0 Å². The molecule has 0 spiro atoms. The molecular weight excluding hydrogens is 510 g/mol. The van der Waals surface area contributed by atoms with Gasteiger partial charge in [-0.3, -0.25) is 18.2 Å². The molecule has 11 nitrogen and oxygen atoms in total. The highest BCUT2D eigenvalue weighted by atomic mass is 32.3. The van der Waals surface area contributed by atoms with Crippen molar-refractivity contribution in [2.75, 3.05) is 26.2 Å². The smallest absolute Gasteiger partial charge is 0.313 e. The van der Waals surface area contributed by atoms with E-state index in [1.807, 2.05) is 6.07 Å². The lowest BCUT2D eigenvalue weighted by Gasteiger charge is -2.18. The average Bonchev–Trinajstić information content (AvgIpc) is 2.79. The van der Waals surface area contributed by atoms with E-state index < -0.39 is 20.8 Å². The third-order valence-corrected chi connectivity index (χ3v) is 4.91. The number of rotatable bonds is 9. The molecule has 200 valence electrons. The van der Waals surface area contributed by atoms with E-state index in [0.29, 0.717) is 0 Å². The molecule has 5 N–H and O–H groups in total. The Morgan fingerprint density at radius 1 is 0.833 bits per heavy atom. The number of fused-ring (bicyclic) bond motifs is 1. The van der Waals surface area contributed by atoms with Crippen LogP contribution in [0.4, 0.5) is 0 Å². The van der Waals surface area contributed by atoms with Crippen molar-refractivity contribution in [2.24, 2.45) is 0 Å². The Labute approximate surface area is 212 Å². The van der Waals surface area contributed by atoms with Gasteiger partial charge in [-0.25, -0.2) is 4.98 Å². The number of aromatic nitrogens is 1. The van der Waals surface area contributed by atoms with Crippen LogP contribution in [-0.4, -0.2) is 71.1 Å². The Morgan fingerprint density at radius 3 is 1.92 bits per heavy atom. The molecule has 0 bridgehead atoms. The largest absolute Gasteiger partial charge is 0.394 e. The number of hydrogen-bond donors (Lipinski definition) is 5. The zero-order valence-electron chi connectivity index (χ0n) is 20.1. The molecule has 0 atom stereocenters. The minimum Gasteiger partial charge on any atom is -0.313 e. The second kappa shape index (κ2) is 15.6. The van der Waals surface area contributed by atoms with E-state index >= 15 is 0 Å². The summed E-state index contributed by atoms with van der Waals surface area (Å²) in [4.78, 5) is 7.33. The predicted octanol–water partition coefficient (Wildman–Crippen LogP) is 3.42. The fourth-order valence-corrected chi connectivity index (χ4v) is 3.34. The van der Waals surface area contributed by atoms with Crippen LogP contribution < -0.4 is 5.32 Å². The maximum Gasteiger partial charge on any atom is 0.394 e. The zero-order chi connectivity index (χ0) is 27.2. The monoisotopic (exact) mass is 543 g/mol. The summed E-state index contributed by atoms with van der Waals surface area (Å²) in [6.07, 6.45) is 1.18. The Hall–Kier alpha value is -2.49. The molecule has 1 heterocycles. The Bertz CT molecular complexity index is 1220. The molecule has 0 aliphatic rings. The lowest BCUT2D eigenvalue weighted by molar-refractivity contribution is 0.298. The van der Waals surface area contributed by atoms with E-state index in [1.54, 1.807) is 0 Å². The molecule has 1 aromatic heterocycles. The summed E-state index contributed by atoms with van der Waals surface area (Å²) in [7, 11) is -9.33. The van der Waals surface area contributed by atoms with Crippen molar-refractivity contribution in [1.29, 1.82) is 0 Å². The van der Waals surface area contributed by atoms with Gasteiger partial charge in [0.05, 0.1) is 11.2 Å². The molecule has 2 aromatic carbocycles. The number of nitrogens with one attached hydrogen (secondary N) is 1. The maximum absolute atomic E-state index is 8.74. The molecule has 0 aliphatic carbocycles. The van der Waals surface area contributed by atoms with E-state index in [2.05, 4.69) is 78.7 Å². The summed E-state index contributed by atoms with van der Waals surface area (Å²) in [5, 5.41) is 4.86. The Kier molecular flexibility index (Phi) is 13.7. The van der Waals surface area contributed by atoms with Crippen LogP contribution in [0, 0.1) is 0 Å². The molecule has 0 unspecified atom stereocenters. The van der Waals surface area contributed by atoms with E-state index in [9.17, 15) is 0 Å². The molecule has 36 heavy (non-hydrogen) atoms. The standard InChI is InChI=1S/C23H29N3.2H2O4S/c1-3-26(4-2)16-10-15-24-18-20-17-23(19-11-6-5-7-12-19)25-22-14-9-8-13-21(20)22;2*1-5(2,3)4/h5-9,11-14,17,24H,3-4,10,15-16,18H2,1-2H3;2*(H2,1,2,3,4). The van der Waals surface area contributed by atoms with Gasteiger partial charge in [0, 0.05) is 17.5 Å². The first-order valence-electron chi connectivity index (χ1n) is 11.1. The highest BCUT2D eigenvalue weighted by Gasteiger charge is 2.07. The number of nitrogens with zero attached hydrogens (tertiary/aromatic N) is 2. The van der Waals surface area contributed by atoms with Crippen LogP contribution >= 0.6 is 0 Å². The first-order chi connectivity index (χ1) is 16.8. The fourth-order valence-electron chi connectivity index (χ4n) is 3.34. The van der Waals surface area contributed by atoms with Gasteiger partial charge >= 0.3 is 20.8 Å². The van der Waals surface area contributed by atoms with E-state index in [-0.39, 0.29) is 0 Å². The van der Waals surface area contributed by atoms with Gasteiger partial charge in [-0.2, -0.15) is 16.8 Å². The van der Waals surface area contributed by atoms with Crippen LogP contribution in [0.15, 0.2) is 60.7 Å². The molecule has 0 radical (unpaired) electrons. The number of pyridine rings is 1. The third-order valence-electron chi connectivity index (χ3n) is 4.91. The Balaban J connectivity index is 0.000000550. The number of benzene rings is 2. The second-order valence-electron chi connectivity index (χ2n) is 7.50. The zero-order valence-corrected chi connectivity index (χ0v) is 21.8. The van der Waals surface area contributed by atoms with E-state index in [0.717, 1.165) is 43.9 Å². The van der Waals surface area contributed by atoms with Gasteiger partial charge in [0.25, 0.3) is 0 Å². The van der Waals surface area contributed by atoms with Gasteiger partial charge in [0.2, 0.25) is 0 Å². The van der Waals surface area contributed by atoms with Crippen LogP contribution in [0.25, 0.3) is 22.2 Å². The number of hydrogen-bond acceptors (Lipinski definition) is 7. The van der Waals surface area contributed by atoms with Crippen LogP contribution in [0.5, 0.6) is 0 Å². The summed E-state index contributed by atoms with van der Waals surface area (Å²) in [5.41, 5.74) is 4.59. The summed E-state index contributed by atoms with van der Waals surface area (Å²) in [6.45, 7) is 9.79. The second-order valence-corrected chi connectivity index (χ2v) is 9.29. The molecule has 0 amide bonds. The highest BCUT2D eigenvalue weighted by Crippen LogP contribution is 2.24. The van der Waals surface area contributed by atoms with Crippen molar-refractivity contribution in [3.8, 4) is 11.3 Å². The lowest BCUT2D eigenvalue weighted by Crippen LogP contribution is -2.27. The predicted molar refractivity (Wildman–Crippen MR) is 140 cm³/mol. The fraction of sp³-hybridized carbons (Fsp3) is 0.348. The first kappa shape index (κ1) is 31.5. The topological polar surface area (TPSA) is 177 Å². The van der Waals surface area contributed by atoms with Crippen LogP contribution in [0.3, 0.4) is 0 Å². The van der Waals surface area contributed by atoms with Gasteiger partial charge < -0.3 is 10.2 Å². The van der Waals surface area contributed by atoms with Crippen molar-refractivity contribution < 1.29 is 35.0 Å². The minimum absolute atomic E-state index is 0.876. The molecule has 3 rings (SSSR count). The van der Waals surface area contributed by atoms with Crippen molar-refractivity contribution in [1.82, 2.24) is 15.2 Å². The molecular formula is C23H33N3O8S2. The van der Waals surface area contributed by atoms with Crippen molar-refractivity contribution in [3.05, 3.63) is 66.2 Å². The van der Waals surface area contributed by atoms with Crippen LogP contribution in [0.1, 0.15) is 25.8 Å². The van der Waals surface area contributed by atoms with Gasteiger partial charge in [-0.05, 0) is 50.3 Å². The molecule has 0 fully saturated rings. The normalized spacial score (nSPS) is 11.4. The molecule has 0 aliphatic heterocycles. The van der Waals surface area contributed by atoms with Crippen LogP contribution in [0.2, 0.25) is 0 Å². The van der Waals surface area contributed by atoms with Gasteiger partial charge in [0.15, 0.2) is 0 Å². The summed E-state index contributed by atoms with van der Waals surface area (Å²) in [6, 6.07) is 21.1. The van der Waals surface area contributed by atoms with Crippen molar-refractivity contribution in [3.63, 3.8) is 0 Å². The molecule has 13 heteroatoms. The van der Waals surface area contributed by atoms with Crippen molar-refractivity contribution >= 4 is 31.7 Å². The van der Waals surface area contributed by atoms with E-state index in [4.69, 9.17) is 40.0 Å². The minimum atomic E-state index is -4.67. The number of para-hydroxylation sites is 1. The lowest BCUT2D eigenvalue weighted by atomic mass is 10.0.